The van der Waals surface area contributed by atoms with Crippen LogP contribution in [0.1, 0.15) is 55.2 Å². The highest BCUT2D eigenvalue weighted by molar-refractivity contribution is 6.31. The van der Waals surface area contributed by atoms with Crippen LogP contribution in [0.4, 0.5) is 4.39 Å². The second kappa shape index (κ2) is 6.44. The zero-order chi connectivity index (χ0) is 15.6. The summed E-state index contributed by atoms with van der Waals surface area (Å²) >= 11 is 6.06. The van der Waals surface area contributed by atoms with Gasteiger partial charge in [-0.2, -0.15) is 0 Å². The number of halogens is 2. The van der Waals surface area contributed by atoms with Gasteiger partial charge in [-0.25, -0.2) is 4.39 Å². The van der Waals surface area contributed by atoms with Gasteiger partial charge in [0.05, 0.1) is 5.69 Å². The predicted molar refractivity (Wildman–Crippen MR) is 83.6 cm³/mol. The fourth-order valence-corrected chi connectivity index (χ4v) is 2.90. The maximum absolute atomic E-state index is 13.9. The average Bonchev–Trinajstić information content (AvgIpc) is 2.87. The molecule has 0 saturated carbocycles. The number of ketones is 1. The summed E-state index contributed by atoms with van der Waals surface area (Å²) in [6.45, 7) is 5.87. The number of carbonyl (C=O) groups is 1. The summed E-state index contributed by atoms with van der Waals surface area (Å²) in [6, 6.07) is 8.47. The van der Waals surface area contributed by atoms with E-state index in [2.05, 4.69) is 0 Å². The van der Waals surface area contributed by atoms with E-state index in [9.17, 15) is 9.18 Å². The van der Waals surface area contributed by atoms with Gasteiger partial charge in [0.15, 0.2) is 5.78 Å². The van der Waals surface area contributed by atoms with Crippen LogP contribution in [0, 0.1) is 5.82 Å². The molecule has 0 aliphatic rings. The van der Waals surface area contributed by atoms with Gasteiger partial charge in [-0.05, 0) is 44.0 Å². The fraction of sp³-hybridized carbons (Fsp3) is 0.353. The van der Waals surface area contributed by atoms with E-state index in [1.807, 2.05) is 37.6 Å². The van der Waals surface area contributed by atoms with E-state index in [-0.39, 0.29) is 30.0 Å². The van der Waals surface area contributed by atoms with Crippen LogP contribution in [0.25, 0.3) is 0 Å². The van der Waals surface area contributed by atoms with Crippen molar-refractivity contribution < 1.29 is 9.18 Å². The van der Waals surface area contributed by atoms with Gasteiger partial charge in [0, 0.05) is 29.2 Å². The summed E-state index contributed by atoms with van der Waals surface area (Å²) in [5.41, 5.74) is 1.07. The molecule has 0 unspecified atom stereocenters. The number of carbonyl (C=O) groups excluding carboxylic acids is 1. The molecule has 1 aromatic heterocycles. The quantitative estimate of drug-likeness (QED) is 0.692. The van der Waals surface area contributed by atoms with Crippen molar-refractivity contribution in [1.82, 2.24) is 4.57 Å². The van der Waals surface area contributed by atoms with Crippen LogP contribution in [0.3, 0.4) is 0 Å². The highest BCUT2D eigenvalue weighted by atomic mass is 35.5. The zero-order valence-electron chi connectivity index (χ0n) is 12.4. The van der Waals surface area contributed by atoms with Crippen molar-refractivity contribution in [3.05, 3.63) is 58.6 Å². The predicted octanol–water partition coefficient (Wildman–Crippen LogP) is 5.24. The summed E-state index contributed by atoms with van der Waals surface area (Å²) in [5, 5.41) is 0.370. The van der Waals surface area contributed by atoms with E-state index in [1.165, 1.54) is 6.07 Å². The number of hydrogen-bond donors (Lipinski definition) is 0. The Bertz CT molecular complexity index is 628. The summed E-state index contributed by atoms with van der Waals surface area (Å²) in [4.78, 5) is 12.5. The first kappa shape index (κ1) is 15.8. The molecule has 4 heteroatoms. The van der Waals surface area contributed by atoms with E-state index in [1.54, 1.807) is 18.2 Å². The van der Waals surface area contributed by atoms with Gasteiger partial charge in [-0.15, -0.1) is 0 Å². The minimum atomic E-state index is -0.359. The molecule has 0 spiro atoms. The molecule has 0 saturated heterocycles. The third-order valence-electron chi connectivity index (χ3n) is 3.61. The van der Waals surface area contributed by atoms with E-state index >= 15 is 0 Å². The van der Waals surface area contributed by atoms with Gasteiger partial charge in [-0.1, -0.05) is 24.6 Å². The van der Waals surface area contributed by atoms with Crippen molar-refractivity contribution >= 4 is 17.4 Å². The number of nitrogens with zero attached hydrogens (tertiary/aromatic N) is 1. The molecule has 21 heavy (non-hydrogen) atoms. The Morgan fingerprint density at radius 1 is 1.24 bits per heavy atom. The van der Waals surface area contributed by atoms with Crippen molar-refractivity contribution in [1.29, 1.82) is 0 Å². The lowest BCUT2D eigenvalue weighted by molar-refractivity contribution is 0.0965. The molecule has 2 nitrogen and oxygen atoms in total. The van der Waals surface area contributed by atoms with Gasteiger partial charge in [0.2, 0.25) is 0 Å². The van der Waals surface area contributed by atoms with Crippen LogP contribution in [0.2, 0.25) is 5.02 Å². The first-order valence-corrected chi connectivity index (χ1v) is 7.43. The fourth-order valence-electron chi connectivity index (χ4n) is 2.55. The van der Waals surface area contributed by atoms with Crippen molar-refractivity contribution in [2.24, 2.45) is 0 Å². The highest BCUT2D eigenvalue weighted by Gasteiger charge is 2.20. The number of hydrogen-bond acceptors (Lipinski definition) is 1. The summed E-state index contributed by atoms with van der Waals surface area (Å²) in [7, 11) is 0. The lowest BCUT2D eigenvalue weighted by Gasteiger charge is -2.16. The molecule has 0 aliphatic carbocycles. The number of aromatic nitrogens is 1. The molecule has 0 aliphatic heterocycles. The Morgan fingerprint density at radius 2 is 1.95 bits per heavy atom. The molecule has 2 aromatic rings. The topological polar surface area (TPSA) is 22.0 Å². The van der Waals surface area contributed by atoms with Gasteiger partial charge in [0.25, 0.3) is 0 Å². The third kappa shape index (κ3) is 3.35. The number of benzene rings is 1. The molecule has 0 bridgehead atoms. The molecule has 0 N–H and O–H groups in total. The Labute approximate surface area is 129 Å². The molecule has 0 radical (unpaired) electrons. The average molecular weight is 308 g/mol. The molecule has 1 aromatic carbocycles. The maximum atomic E-state index is 13.9. The van der Waals surface area contributed by atoms with Crippen LogP contribution in [0.5, 0.6) is 0 Å². The van der Waals surface area contributed by atoms with Gasteiger partial charge in [-0.3, -0.25) is 4.79 Å². The van der Waals surface area contributed by atoms with Gasteiger partial charge < -0.3 is 4.57 Å². The Hall–Kier alpha value is -1.61. The summed E-state index contributed by atoms with van der Waals surface area (Å²) < 4.78 is 15.8. The summed E-state index contributed by atoms with van der Waals surface area (Å²) in [5.74, 6) is -0.621. The minimum absolute atomic E-state index is 0.000481. The molecular formula is C17H19ClFNO. The van der Waals surface area contributed by atoms with E-state index in [0.717, 1.165) is 0 Å². The van der Waals surface area contributed by atoms with Crippen LogP contribution >= 0.6 is 11.6 Å². The smallest absolute Gasteiger partial charge is 0.179 e. The highest BCUT2D eigenvalue weighted by Crippen LogP contribution is 2.30. The number of rotatable bonds is 5. The molecule has 1 heterocycles. The summed E-state index contributed by atoms with van der Waals surface area (Å²) in [6.07, 6.45) is 2.12. The molecule has 0 amide bonds. The van der Waals surface area contributed by atoms with Gasteiger partial charge >= 0.3 is 0 Å². The lowest BCUT2D eigenvalue weighted by atomic mass is 9.94. The van der Waals surface area contributed by atoms with Gasteiger partial charge in [0.1, 0.15) is 5.82 Å². The zero-order valence-corrected chi connectivity index (χ0v) is 13.2. The molecule has 2 rings (SSSR count). The molecular weight excluding hydrogens is 289 g/mol. The van der Waals surface area contributed by atoms with Crippen LogP contribution in [-0.4, -0.2) is 10.4 Å². The first-order chi connectivity index (χ1) is 9.91. The lowest BCUT2D eigenvalue weighted by Crippen LogP contribution is -2.13. The molecule has 1 atom stereocenters. The monoisotopic (exact) mass is 307 g/mol. The standard InChI is InChI=1S/C17H19ClFNO/c1-11(2)20-9-5-8-15(20)16(21)10-12(3)17-13(18)6-4-7-14(17)19/h4-9,11-12H,10H2,1-3H3/t12-/m0/s1. The second-order valence-electron chi connectivity index (χ2n) is 5.56. The SMILES string of the molecule is CC(C)n1cccc1C(=O)C[C@H](C)c1c(F)cccc1Cl. The normalized spacial score (nSPS) is 12.7. The van der Waals surface area contributed by atoms with E-state index in [0.29, 0.717) is 16.3 Å². The van der Waals surface area contributed by atoms with Crippen LogP contribution in [0.15, 0.2) is 36.5 Å². The number of Topliss-reactive ketones (excluding diaryl/α,β-unsaturated/α-hetero) is 1. The maximum Gasteiger partial charge on any atom is 0.179 e. The molecule has 0 fully saturated rings. The Balaban J connectivity index is 2.21. The van der Waals surface area contributed by atoms with Crippen LogP contribution in [-0.2, 0) is 0 Å². The van der Waals surface area contributed by atoms with Crippen molar-refractivity contribution in [3.63, 3.8) is 0 Å². The van der Waals surface area contributed by atoms with Crippen LogP contribution < -0.4 is 0 Å². The Morgan fingerprint density at radius 3 is 2.57 bits per heavy atom. The van der Waals surface area contributed by atoms with Crippen molar-refractivity contribution in [2.75, 3.05) is 0 Å². The van der Waals surface area contributed by atoms with Crippen molar-refractivity contribution in [3.8, 4) is 0 Å². The van der Waals surface area contributed by atoms with Crippen molar-refractivity contribution in [2.45, 2.75) is 39.2 Å². The third-order valence-corrected chi connectivity index (χ3v) is 3.93. The largest absolute Gasteiger partial charge is 0.343 e. The van der Waals surface area contributed by atoms with E-state index in [4.69, 9.17) is 11.6 Å². The Kier molecular flexibility index (Phi) is 4.84. The first-order valence-electron chi connectivity index (χ1n) is 7.05. The minimum Gasteiger partial charge on any atom is -0.343 e. The second-order valence-corrected chi connectivity index (χ2v) is 5.97. The van der Waals surface area contributed by atoms with E-state index < -0.39 is 0 Å². The molecule has 112 valence electrons.